The fourth-order valence-corrected chi connectivity index (χ4v) is 1.83. The van der Waals surface area contributed by atoms with Crippen LogP contribution in [-0.2, 0) is 10.7 Å². The molecule has 0 radical (unpaired) electrons. The quantitative estimate of drug-likeness (QED) is 0.860. The minimum Gasteiger partial charge on any atom is -0.481 e. The van der Waals surface area contributed by atoms with Crippen LogP contribution in [0.2, 0.25) is 0 Å². The summed E-state index contributed by atoms with van der Waals surface area (Å²) in [6, 6.07) is 5.75. The number of carbonyl (C=O) groups is 1. The van der Waals surface area contributed by atoms with Crippen LogP contribution in [0.1, 0.15) is 24.0 Å². The minimum atomic E-state index is -3.29. The summed E-state index contributed by atoms with van der Waals surface area (Å²) in [5, 5.41) is 8.88. The standard InChI is InChI=1S/C12H12F2O2/c1-8-2-4-9(5-3-8)12(13,14)11(6-7-11)10(15)16/h2-5H,6-7H2,1H3,(H,15,16). The van der Waals surface area contributed by atoms with Crippen molar-refractivity contribution in [3.63, 3.8) is 0 Å². The Morgan fingerprint density at radius 2 is 1.81 bits per heavy atom. The number of halogens is 2. The zero-order valence-electron chi connectivity index (χ0n) is 8.84. The monoisotopic (exact) mass is 226 g/mol. The first-order chi connectivity index (χ1) is 7.40. The molecule has 1 N–H and O–H groups in total. The summed E-state index contributed by atoms with van der Waals surface area (Å²) in [5.74, 6) is -4.69. The summed E-state index contributed by atoms with van der Waals surface area (Å²) >= 11 is 0. The highest BCUT2D eigenvalue weighted by atomic mass is 19.3. The fraction of sp³-hybridized carbons (Fsp3) is 0.417. The first kappa shape index (κ1) is 11.0. The number of benzene rings is 1. The molecule has 1 aromatic carbocycles. The molecule has 1 fully saturated rings. The Bertz CT molecular complexity index is 419. The summed E-state index contributed by atoms with van der Waals surface area (Å²) in [5.41, 5.74) is -1.21. The molecular weight excluding hydrogens is 214 g/mol. The van der Waals surface area contributed by atoms with E-state index in [-0.39, 0.29) is 18.4 Å². The smallest absolute Gasteiger partial charge is 0.316 e. The lowest BCUT2D eigenvalue weighted by atomic mass is 9.91. The summed E-state index contributed by atoms with van der Waals surface area (Å²) in [4.78, 5) is 10.9. The fourth-order valence-electron chi connectivity index (χ4n) is 1.83. The van der Waals surface area contributed by atoms with Crippen molar-refractivity contribution in [2.45, 2.75) is 25.7 Å². The van der Waals surface area contributed by atoms with E-state index in [1.54, 1.807) is 19.1 Å². The molecule has 1 saturated carbocycles. The number of carboxylic acids is 1. The second kappa shape index (κ2) is 3.27. The molecule has 2 rings (SSSR count). The Kier molecular flexibility index (Phi) is 2.26. The van der Waals surface area contributed by atoms with Gasteiger partial charge in [-0.25, -0.2) is 8.78 Å². The number of carboxylic acid groups (broad SMARTS) is 1. The summed E-state index contributed by atoms with van der Waals surface area (Å²) in [7, 11) is 0. The Hall–Kier alpha value is -1.45. The van der Waals surface area contributed by atoms with E-state index in [1.165, 1.54) is 12.1 Å². The van der Waals surface area contributed by atoms with E-state index in [2.05, 4.69) is 0 Å². The highest BCUT2D eigenvalue weighted by Gasteiger charge is 2.68. The first-order valence-electron chi connectivity index (χ1n) is 5.08. The van der Waals surface area contributed by atoms with Crippen LogP contribution in [0.3, 0.4) is 0 Å². The molecule has 0 spiro atoms. The summed E-state index contributed by atoms with van der Waals surface area (Å²) < 4.78 is 28.0. The summed E-state index contributed by atoms with van der Waals surface area (Å²) in [6.45, 7) is 1.80. The van der Waals surface area contributed by atoms with Gasteiger partial charge in [0.15, 0.2) is 0 Å². The normalized spacial score (nSPS) is 18.2. The average Bonchev–Trinajstić information content (AvgIpc) is 2.98. The molecule has 0 heterocycles. The van der Waals surface area contributed by atoms with Gasteiger partial charge in [-0.1, -0.05) is 29.8 Å². The first-order valence-corrected chi connectivity index (χ1v) is 5.08. The highest BCUT2D eigenvalue weighted by Crippen LogP contribution is 2.61. The Balaban J connectivity index is 2.39. The third kappa shape index (κ3) is 1.40. The Labute approximate surface area is 91.9 Å². The molecule has 4 heteroatoms. The number of aryl methyl sites for hydroxylation is 1. The molecule has 86 valence electrons. The number of rotatable bonds is 3. The lowest BCUT2D eigenvalue weighted by molar-refractivity contribution is -0.163. The van der Waals surface area contributed by atoms with E-state index in [4.69, 9.17) is 5.11 Å². The third-order valence-electron chi connectivity index (χ3n) is 3.17. The van der Waals surface area contributed by atoms with Crippen LogP contribution in [0.5, 0.6) is 0 Å². The highest BCUT2D eigenvalue weighted by molar-refractivity contribution is 5.79. The van der Waals surface area contributed by atoms with Crippen molar-refractivity contribution >= 4 is 5.97 Å². The maximum atomic E-state index is 14.0. The van der Waals surface area contributed by atoms with Crippen LogP contribution in [0, 0.1) is 12.3 Å². The predicted octanol–water partition coefficient (Wildman–Crippen LogP) is 2.95. The van der Waals surface area contributed by atoms with E-state index in [0.29, 0.717) is 0 Å². The van der Waals surface area contributed by atoms with Gasteiger partial charge in [0.25, 0.3) is 5.92 Å². The van der Waals surface area contributed by atoms with Crippen LogP contribution >= 0.6 is 0 Å². The molecule has 0 atom stereocenters. The van der Waals surface area contributed by atoms with E-state index < -0.39 is 17.3 Å². The topological polar surface area (TPSA) is 37.3 Å². The van der Waals surface area contributed by atoms with Crippen molar-refractivity contribution in [3.05, 3.63) is 35.4 Å². The maximum absolute atomic E-state index is 14.0. The second-order valence-electron chi connectivity index (χ2n) is 4.33. The van der Waals surface area contributed by atoms with E-state index in [0.717, 1.165) is 5.56 Å². The van der Waals surface area contributed by atoms with Crippen LogP contribution in [0.4, 0.5) is 8.78 Å². The zero-order valence-corrected chi connectivity index (χ0v) is 8.84. The lowest BCUT2D eigenvalue weighted by Gasteiger charge is -2.23. The van der Waals surface area contributed by atoms with Gasteiger partial charge in [-0.2, -0.15) is 0 Å². The Morgan fingerprint density at radius 1 is 1.31 bits per heavy atom. The number of hydrogen-bond donors (Lipinski definition) is 1. The van der Waals surface area contributed by atoms with E-state index in [1.807, 2.05) is 0 Å². The van der Waals surface area contributed by atoms with Crippen molar-refractivity contribution in [2.75, 3.05) is 0 Å². The molecule has 0 saturated heterocycles. The van der Waals surface area contributed by atoms with Crippen LogP contribution < -0.4 is 0 Å². The molecule has 0 amide bonds. The van der Waals surface area contributed by atoms with Gasteiger partial charge in [0.05, 0.1) is 0 Å². The average molecular weight is 226 g/mol. The number of aliphatic carboxylic acids is 1. The molecule has 16 heavy (non-hydrogen) atoms. The van der Waals surface area contributed by atoms with Crippen LogP contribution in [-0.4, -0.2) is 11.1 Å². The lowest BCUT2D eigenvalue weighted by Crippen LogP contribution is -2.34. The van der Waals surface area contributed by atoms with Gasteiger partial charge in [-0.15, -0.1) is 0 Å². The van der Waals surface area contributed by atoms with E-state index >= 15 is 0 Å². The number of alkyl halides is 2. The van der Waals surface area contributed by atoms with Gasteiger partial charge in [0, 0.05) is 5.56 Å². The minimum absolute atomic E-state index is 0.0449. The SMILES string of the molecule is Cc1ccc(C(F)(F)C2(C(=O)O)CC2)cc1. The molecule has 0 aromatic heterocycles. The molecular formula is C12H12F2O2. The molecule has 2 nitrogen and oxygen atoms in total. The van der Waals surface area contributed by atoms with E-state index in [9.17, 15) is 13.6 Å². The van der Waals surface area contributed by atoms with Crippen molar-refractivity contribution in [1.29, 1.82) is 0 Å². The molecule has 1 aliphatic rings. The largest absolute Gasteiger partial charge is 0.481 e. The molecule has 0 aliphatic heterocycles. The van der Waals surface area contributed by atoms with Gasteiger partial charge in [0.2, 0.25) is 0 Å². The van der Waals surface area contributed by atoms with Crippen molar-refractivity contribution in [1.82, 2.24) is 0 Å². The maximum Gasteiger partial charge on any atom is 0.316 e. The zero-order chi connectivity index (χ0) is 12.0. The van der Waals surface area contributed by atoms with Gasteiger partial charge in [0.1, 0.15) is 5.41 Å². The second-order valence-corrected chi connectivity index (χ2v) is 4.33. The Morgan fingerprint density at radius 3 is 2.19 bits per heavy atom. The van der Waals surface area contributed by atoms with Gasteiger partial charge < -0.3 is 5.11 Å². The molecule has 1 aliphatic carbocycles. The van der Waals surface area contributed by atoms with Gasteiger partial charge in [-0.3, -0.25) is 4.79 Å². The van der Waals surface area contributed by atoms with Crippen molar-refractivity contribution in [2.24, 2.45) is 5.41 Å². The predicted molar refractivity (Wildman–Crippen MR) is 54.4 cm³/mol. The summed E-state index contributed by atoms with van der Waals surface area (Å²) in [6.07, 6.45) is 0.0897. The van der Waals surface area contributed by atoms with Crippen LogP contribution in [0.15, 0.2) is 24.3 Å². The molecule has 1 aromatic rings. The third-order valence-corrected chi connectivity index (χ3v) is 3.17. The van der Waals surface area contributed by atoms with Gasteiger partial charge >= 0.3 is 5.97 Å². The van der Waals surface area contributed by atoms with Crippen molar-refractivity contribution < 1.29 is 18.7 Å². The van der Waals surface area contributed by atoms with Crippen LogP contribution in [0.25, 0.3) is 0 Å². The van der Waals surface area contributed by atoms with Gasteiger partial charge in [-0.05, 0) is 19.8 Å². The molecule has 0 bridgehead atoms. The molecule has 0 unspecified atom stereocenters. The number of hydrogen-bond acceptors (Lipinski definition) is 1. The van der Waals surface area contributed by atoms with Crippen molar-refractivity contribution in [3.8, 4) is 0 Å².